The molecule has 2 atom stereocenters. The van der Waals surface area contributed by atoms with Crippen molar-refractivity contribution in [3.8, 4) is 5.75 Å². The van der Waals surface area contributed by atoms with E-state index in [1.165, 1.54) is 0 Å². The monoisotopic (exact) mass is 296 g/mol. The molecule has 0 bridgehead atoms. The second kappa shape index (κ2) is 6.46. The number of benzene rings is 1. The predicted octanol–water partition coefficient (Wildman–Crippen LogP) is 3.94. The Labute approximate surface area is 124 Å². The zero-order valence-electron chi connectivity index (χ0n) is 12.4. The van der Waals surface area contributed by atoms with Gasteiger partial charge in [0.2, 0.25) is 0 Å². The van der Waals surface area contributed by atoms with Crippen LogP contribution in [0.2, 0.25) is 0 Å². The number of alkyl halides is 1. The second-order valence-corrected chi connectivity index (χ2v) is 5.47. The molecule has 20 heavy (non-hydrogen) atoms. The van der Waals surface area contributed by atoms with Gasteiger partial charge in [-0.15, -0.1) is 11.6 Å². The molecule has 1 aromatic heterocycles. The molecular formula is C15H21ClN2O2. The molecule has 2 aromatic rings. The maximum absolute atomic E-state index is 6.29. The molecule has 2 rings (SSSR count). The Morgan fingerprint density at radius 1 is 1.35 bits per heavy atom. The molecule has 2 unspecified atom stereocenters. The van der Waals surface area contributed by atoms with E-state index in [4.69, 9.17) is 21.1 Å². The van der Waals surface area contributed by atoms with Crippen LogP contribution in [0.5, 0.6) is 5.75 Å². The maximum Gasteiger partial charge on any atom is 0.147 e. The van der Waals surface area contributed by atoms with Gasteiger partial charge in [-0.25, -0.2) is 4.98 Å². The SMILES string of the molecule is CCOc1cccc2c1nc(C(C)Cl)n2C(C)COC. The van der Waals surface area contributed by atoms with Crippen molar-refractivity contribution in [1.29, 1.82) is 0 Å². The summed E-state index contributed by atoms with van der Waals surface area (Å²) < 4.78 is 13.1. The van der Waals surface area contributed by atoms with Crippen molar-refractivity contribution in [2.24, 2.45) is 0 Å². The highest BCUT2D eigenvalue weighted by Gasteiger charge is 2.20. The highest BCUT2D eigenvalue weighted by atomic mass is 35.5. The predicted molar refractivity (Wildman–Crippen MR) is 81.8 cm³/mol. The Balaban J connectivity index is 2.63. The van der Waals surface area contributed by atoms with Crippen LogP contribution in [0.15, 0.2) is 18.2 Å². The molecule has 0 spiro atoms. The Morgan fingerprint density at radius 3 is 2.70 bits per heavy atom. The van der Waals surface area contributed by atoms with Gasteiger partial charge >= 0.3 is 0 Å². The molecule has 0 amide bonds. The van der Waals surface area contributed by atoms with E-state index < -0.39 is 0 Å². The first-order valence-corrected chi connectivity index (χ1v) is 7.30. The van der Waals surface area contributed by atoms with Gasteiger partial charge in [0.05, 0.1) is 30.1 Å². The molecule has 5 heteroatoms. The number of nitrogens with zero attached hydrogens (tertiary/aromatic N) is 2. The number of imidazole rings is 1. The molecule has 0 aliphatic heterocycles. The van der Waals surface area contributed by atoms with Crippen LogP contribution in [0.4, 0.5) is 0 Å². The first kappa shape index (κ1) is 15.1. The second-order valence-electron chi connectivity index (χ2n) is 4.82. The van der Waals surface area contributed by atoms with Crippen LogP contribution >= 0.6 is 11.6 Å². The molecule has 0 aliphatic carbocycles. The lowest BCUT2D eigenvalue weighted by atomic mass is 10.2. The summed E-state index contributed by atoms with van der Waals surface area (Å²) in [6.45, 7) is 7.22. The number of methoxy groups -OCH3 is 1. The van der Waals surface area contributed by atoms with Crippen molar-refractivity contribution in [2.75, 3.05) is 20.3 Å². The molecule has 0 saturated carbocycles. The van der Waals surface area contributed by atoms with Gasteiger partial charge in [-0.2, -0.15) is 0 Å². The fourth-order valence-electron chi connectivity index (χ4n) is 2.44. The number of para-hydroxylation sites is 1. The molecule has 0 N–H and O–H groups in total. The largest absolute Gasteiger partial charge is 0.492 e. The van der Waals surface area contributed by atoms with Crippen LogP contribution in [-0.4, -0.2) is 29.9 Å². The van der Waals surface area contributed by atoms with Crippen molar-refractivity contribution in [2.45, 2.75) is 32.2 Å². The van der Waals surface area contributed by atoms with Gasteiger partial charge in [0, 0.05) is 7.11 Å². The summed E-state index contributed by atoms with van der Waals surface area (Å²) in [6, 6.07) is 6.12. The van der Waals surface area contributed by atoms with E-state index >= 15 is 0 Å². The first-order valence-electron chi connectivity index (χ1n) is 6.86. The number of aromatic nitrogens is 2. The number of hydrogen-bond acceptors (Lipinski definition) is 3. The summed E-state index contributed by atoms with van der Waals surface area (Å²) in [7, 11) is 1.70. The minimum Gasteiger partial charge on any atom is -0.492 e. The Bertz CT molecular complexity index is 581. The number of ether oxygens (including phenoxy) is 2. The van der Waals surface area contributed by atoms with Gasteiger partial charge in [-0.05, 0) is 32.9 Å². The average Bonchev–Trinajstić information content (AvgIpc) is 2.80. The third-order valence-corrected chi connectivity index (χ3v) is 3.41. The van der Waals surface area contributed by atoms with Gasteiger partial charge in [-0.3, -0.25) is 0 Å². The lowest BCUT2D eigenvalue weighted by molar-refractivity contribution is 0.162. The Hall–Kier alpha value is -1.26. The zero-order valence-corrected chi connectivity index (χ0v) is 13.1. The van der Waals surface area contributed by atoms with Crippen LogP contribution in [0, 0.1) is 0 Å². The van der Waals surface area contributed by atoms with Crippen LogP contribution in [0.1, 0.15) is 38.0 Å². The van der Waals surface area contributed by atoms with Gasteiger partial charge < -0.3 is 14.0 Å². The van der Waals surface area contributed by atoms with E-state index in [-0.39, 0.29) is 11.4 Å². The van der Waals surface area contributed by atoms with Crippen molar-refractivity contribution in [3.63, 3.8) is 0 Å². The van der Waals surface area contributed by atoms with Crippen LogP contribution in [-0.2, 0) is 4.74 Å². The molecule has 0 saturated heterocycles. The van der Waals surface area contributed by atoms with Gasteiger partial charge in [-0.1, -0.05) is 6.07 Å². The topological polar surface area (TPSA) is 36.3 Å². The molecule has 110 valence electrons. The molecule has 1 aromatic carbocycles. The van der Waals surface area contributed by atoms with Gasteiger partial charge in [0.1, 0.15) is 17.1 Å². The smallest absolute Gasteiger partial charge is 0.147 e. The normalized spacial score (nSPS) is 14.4. The summed E-state index contributed by atoms with van der Waals surface area (Å²) in [5, 5.41) is -0.170. The van der Waals surface area contributed by atoms with Gasteiger partial charge in [0.15, 0.2) is 0 Å². The minimum absolute atomic E-state index is 0.165. The molecule has 0 radical (unpaired) electrons. The minimum atomic E-state index is -0.170. The highest BCUT2D eigenvalue weighted by molar-refractivity contribution is 6.20. The van der Waals surface area contributed by atoms with Crippen molar-refractivity contribution >= 4 is 22.6 Å². The number of hydrogen-bond donors (Lipinski definition) is 0. The quantitative estimate of drug-likeness (QED) is 0.758. The maximum atomic E-state index is 6.29. The number of halogens is 1. The summed E-state index contributed by atoms with van der Waals surface area (Å²) in [4.78, 5) is 4.68. The van der Waals surface area contributed by atoms with Crippen molar-refractivity contribution < 1.29 is 9.47 Å². The zero-order chi connectivity index (χ0) is 14.7. The van der Waals surface area contributed by atoms with Crippen LogP contribution in [0.3, 0.4) is 0 Å². The Morgan fingerprint density at radius 2 is 2.10 bits per heavy atom. The molecule has 0 fully saturated rings. The highest BCUT2D eigenvalue weighted by Crippen LogP contribution is 2.32. The summed E-state index contributed by atoms with van der Waals surface area (Å²) in [5.41, 5.74) is 1.89. The van der Waals surface area contributed by atoms with Crippen LogP contribution < -0.4 is 4.74 Å². The standard InChI is InChI=1S/C15H21ClN2O2/c1-5-20-13-8-6-7-12-14(13)17-15(11(3)16)18(12)10(2)9-19-4/h6-8,10-11H,5,9H2,1-4H3. The summed E-state index contributed by atoms with van der Waals surface area (Å²) in [5.74, 6) is 1.64. The summed E-state index contributed by atoms with van der Waals surface area (Å²) >= 11 is 6.29. The third-order valence-electron chi connectivity index (χ3n) is 3.21. The fourth-order valence-corrected chi connectivity index (χ4v) is 2.59. The molecule has 4 nitrogen and oxygen atoms in total. The number of rotatable bonds is 6. The molecule has 1 heterocycles. The fraction of sp³-hybridized carbons (Fsp3) is 0.533. The lowest BCUT2D eigenvalue weighted by Gasteiger charge is -2.17. The van der Waals surface area contributed by atoms with E-state index in [9.17, 15) is 0 Å². The average molecular weight is 297 g/mol. The van der Waals surface area contributed by atoms with E-state index in [0.29, 0.717) is 13.2 Å². The van der Waals surface area contributed by atoms with E-state index in [1.807, 2.05) is 32.0 Å². The first-order chi connectivity index (χ1) is 9.60. The molecule has 0 aliphatic rings. The third kappa shape index (κ3) is 2.76. The van der Waals surface area contributed by atoms with E-state index in [0.717, 1.165) is 22.6 Å². The Kier molecular flexibility index (Phi) is 4.89. The molecular weight excluding hydrogens is 276 g/mol. The van der Waals surface area contributed by atoms with Crippen molar-refractivity contribution in [1.82, 2.24) is 9.55 Å². The lowest BCUT2D eigenvalue weighted by Crippen LogP contribution is -2.14. The van der Waals surface area contributed by atoms with E-state index in [1.54, 1.807) is 7.11 Å². The number of fused-ring (bicyclic) bond motifs is 1. The van der Waals surface area contributed by atoms with Gasteiger partial charge in [0.25, 0.3) is 0 Å². The van der Waals surface area contributed by atoms with Crippen LogP contribution in [0.25, 0.3) is 11.0 Å². The van der Waals surface area contributed by atoms with Crippen molar-refractivity contribution in [3.05, 3.63) is 24.0 Å². The van der Waals surface area contributed by atoms with E-state index in [2.05, 4.69) is 16.5 Å². The summed E-state index contributed by atoms with van der Waals surface area (Å²) in [6.07, 6.45) is 0.